The van der Waals surface area contributed by atoms with Crippen LogP contribution in [0.25, 0.3) is 0 Å². The zero-order chi connectivity index (χ0) is 51.5. The molecule has 0 spiro atoms. The number of rotatable bonds is 10. The van der Waals surface area contributed by atoms with Crippen molar-refractivity contribution in [1.29, 1.82) is 0 Å². The van der Waals surface area contributed by atoms with Crippen molar-refractivity contribution >= 4 is 5.97 Å². The van der Waals surface area contributed by atoms with Gasteiger partial charge in [0, 0.05) is 0 Å². The maximum atomic E-state index is 13.1. The van der Waals surface area contributed by atoms with Crippen LogP contribution < -0.4 is 0 Å². The van der Waals surface area contributed by atoms with Crippen LogP contribution in [-0.4, -0.2) is 199 Å². The van der Waals surface area contributed by atoms with E-state index < -0.39 is 135 Å². The maximum absolute atomic E-state index is 13.1. The van der Waals surface area contributed by atoms with Crippen molar-refractivity contribution in [1.82, 2.24) is 0 Å². The highest BCUT2D eigenvalue weighted by molar-refractivity contribution is 5.76. The molecule has 0 aromatic heterocycles. The Morgan fingerprint density at radius 2 is 1.30 bits per heavy atom. The average Bonchev–Trinajstić information content (AvgIpc) is 3.32. The van der Waals surface area contributed by atoms with Gasteiger partial charge < -0.3 is 94.1 Å². The number of fused-ring (bicyclic) bond motifs is 7. The summed E-state index contributed by atoms with van der Waals surface area (Å²) in [7, 11) is 0. The number of allylic oxidation sites excluding steroid dienone is 2. The highest BCUT2D eigenvalue weighted by Crippen LogP contribution is 2.75. The number of carbonyl (C=O) groups is 1. The number of aliphatic carboxylic acids is 1. The largest absolute Gasteiger partial charge is 0.481 e. The molecule has 0 radical (unpaired) electrons. The van der Waals surface area contributed by atoms with E-state index in [1.807, 2.05) is 0 Å². The molecule has 27 atom stereocenters. The third-order valence-corrected chi connectivity index (χ3v) is 20.3. The summed E-state index contributed by atoms with van der Waals surface area (Å²) >= 11 is 0. The molecule has 71 heavy (non-hydrogen) atoms. The summed E-state index contributed by atoms with van der Waals surface area (Å²) in [4.78, 5) is 13.1. The van der Waals surface area contributed by atoms with Crippen LogP contribution in [0.5, 0.6) is 0 Å². The highest BCUT2D eigenvalue weighted by Gasteiger charge is 2.69. The lowest BCUT2D eigenvalue weighted by Gasteiger charge is -2.70. The van der Waals surface area contributed by atoms with Crippen LogP contribution in [0.15, 0.2) is 11.6 Å². The van der Waals surface area contributed by atoms with E-state index in [9.17, 15) is 61.0 Å². The van der Waals surface area contributed by atoms with E-state index in [0.717, 1.165) is 51.4 Å². The van der Waals surface area contributed by atoms with Gasteiger partial charge in [0.2, 0.25) is 0 Å². The third kappa shape index (κ3) is 8.99. The molecule has 4 saturated carbocycles. The minimum absolute atomic E-state index is 0.0277. The second-order valence-corrected chi connectivity index (χ2v) is 24.5. The number of ether oxygens (including phenoxy) is 8. The van der Waals surface area contributed by atoms with Crippen molar-refractivity contribution < 1.29 is 98.9 Å². The number of aliphatic hydroxyl groups excluding tert-OH is 10. The molecule has 20 nitrogen and oxygen atoms in total. The van der Waals surface area contributed by atoms with Crippen molar-refractivity contribution in [3.05, 3.63) is 11.6 Å². The van der Waals surface area contributed by atoms with Crippen molar-refractivity contribution in [2.24, 2.45) is 50.7 Å². The molecule has 5 aliphatic carbocycles. The monoisotopic (exact) mass is 1010 g/mol. The van der Waals surface area contributed by atoms with Gasteiger partial charge in [-0.2, -0.15) is 0 Å². The van der Waals surface area contributed by atoms with E-state index in [4.69, 9.17) is 37.9 Å². The molecule has 0 unspecified atom stereocenters. The van der Waals surface area contributed by atoms with Crippen molar-refractivity contribution in [3.8, 4) is 0 Å². The molecular weight excluding hydrogens is 933 g/mol. The highest BCUT2D eigenvalue weighted by atomic mass is 16.8. The van der Waals surface area contributed by atoms with Crippen LogP contribution in [0.2, 0.25) is 0 Å². The zero-order valence-electron chi connectivity index (χ0n) is 42.1. The SMILES string of the molecule is C[C@@H]1[C@H](O[C@H]2OC[C@@H](O)[C@@H](O)[C@@H]2O[C@H]2O[C@H](C)[C@@H](O)[C@H](O[C@H]3OC[C@H](O[C@H]4O[C@@H](CO)[C@H](O)[C@@H](O)[C@@H]4O)[C@H](O)[C@@H]3O)[C@@H]2O)CC[C@]2(C)[C@H]1CC[C@]1(C)[C@H]2CC=C2[C@H]3CC(C)(C)CC[C@]3(C(=O)O)CC[C@]21C. The number of aliphatic hydroxyl groups is 10. The normalized spacial score (nSPS) is 55.2. The number of carboxylic acids is 1. The molecule has 4 aliphatic heterocycles. The second-order valence-electron chi connectivity index (χ2n) is 24.5. The number of carboxylic acid groups (broad SMARTS) is 1. The molecule has 9 rings (SSSR count). The molecule has 0 amide bonds. The van der Waals surface area contributed by atoms with Gasteiger partial charge in [0.25, 0.3) is 0 Å². The minimum Gasteiger partial charge on any atom is -0.481 e. The van der Waals surface area contributed by atoms with Crippen LogP contribution in [0.3, 0.4) is 0 Å². The summed E-state index contributed by atoms with van der Waals surface area (Å²) in [5, 5.41) is 118. The quantitative estimate of drug-likeness (QED) is 0.105. The maximum Gasteiger partial charge on any atom is 0.310 e. The molecule has 9 aliphatic rings. The van der Waals surface area contributed by atoms with Gasteiger partial charge in [0.15, 0.2) is 25.2 Å². The van der Waals surface area contributed by atoms with E-state index in [1.165, 1.54) is 12.5 Å². The van der Waals surface area contributed by atoms with Gasteiger partial charge in [-0.3, -0.25) is 4.79 Å². The summed E-state index contributed by atoms with van der Waals surface area (Å²) in [6.07, 6.45) is -17.1. The van der Waals surface area contributed by atoms with Gasteiger partial charge in [-0.1, -0.05) is 53.2 Å². The van der Waals surface area contributed by atoms with E-state index in [-0.39, 0.29) is 52.1 Å². The second kappa shape index (κ2) is 19.8. The first kappa shape index (κ1) is 54.3. The van der Waals surface area contributed by atoms with Crippen molar-refractivity contribution in [3.63, 3.8) is 0 Å². The molecule has 0 aromatic rings. The lowest BCUT2D eigenvalue weighted by Crippen LogP contribution is -2.65. The Hall–Kier alpha value is -1.51. The molecule has 4 saturated heterocycles. The first-order valence-corrected chi connectivity index (χ1v) is 26.2. The van der Waals surface area contributed by atoms with Crippen LogP contribution >= 0.6 is 0 Å². The Kier molecular flexibility index (Phi) is 15.1. The number of hydrogen-bond acceptors (Lipinski definition) is 19. The number of hydrogen-bond donors (Lipinski definition) is 11. The van der Waals surface area contributed by atoms with Crippen molar-refractivity contribution in [2.75, 3.05) is 19.8 Å². The van der Waals surface area contributed by atoms with Crippen LogP contribution in [0.4, 0.5) is 0 Å². The fourth-order valence-electron chi connectivity index (χ4n) is 15.6. The molecule has 406 valence electrons. The fraction of sp³-hybridized carbons (Fsp3) is 0.941. The van der Waals surface area contributed by atoms with Gasteiger partial charge in [-0.15, -0.1) is 0 Å². The van der Waals surface area contributed by atoms with E-state index in [1.54, 1.807) is 0 Å². The van der Waals surface area contributed by atoms with Crippen LogP contribution in [0.1, 0.15) is 113 Å². The van der Waals surface area contributed by atoms with E-state index in [0.29, 0.717) is 18.8 Å². The minimum atomic E-state index is -1.86. The van der Waals surface area contributed by atoms with Crippen molar-refractivity contribution in [2.45, 2.75) is 229 Å². The van der Waals surface area contributed by atoms with Crippen LogP contribution in [-0.2, 0) is 42.7 Å². The summed E-state index contributed by atoms with van der Waals surface area (Å²) in [6, 6.07) is 0. The topological polar surface area (TPSA) is 313 Å². The third-order valence-electron chi connectivity index (χ3n) is 20.3. The van der Waals surface area contributed by atoms with Gasteiger partial charge in [0.05, 0.1) is 37.4 Å². The van der Waals surface area contributed by atoms with Crippen LogP contribution in [0, 0.1) is 50.7 Å². The first-order chi connectivity index (χ1) is 33.3. The lowest BCUT2D eigenvalue weighted by molar-refractivity contribution is -0.381. The molecule has 11 N–H and O–H groups in total. The summed E-state index contributed by atoms with van der Waals surface area (Å²) < 4.78 is 47.6. The molecule has 4 heterocycles. The summed E-state index contributed by atoms with van der Waals surface area (Å²) in [6.45, 7) is 14.2. The Balaban J connectivity index is 0.860. The molecule has 8 fully saturated rings. The summed E-state index contributed by atoms with van der Waals surface area (Å²) in [5.74, 6) is 0.0856. The Morgan fingerprint density at radius 3 is 2.00 bits per heavy atom. The smallest absolute Gasteiger partial charge is 0.310 e. The van der Waals surface area contributed by atoms with Gasteiger partial charge in [-0.25, -0.2) is 0 Å². The van der Waals surface area contributed by atoms with E-state index >= 15 is 0 Å². The lowest BCUT2D eigenvalue weighted by atomic mass is 9.34. The van der Waals surface area contributed by atoms with Gasteiger partial charge >= 0.3 is 5.97 Å². The predicted octanol–water partition coefficient (Wildman–Crippen LogP) is 0.446. The zero-order valence-corrected chi connectivity index (χ0v) is 42.1. The Bertz CT molecular complexity index is 1940. The Morgan fingerprint density at radius 1 is 0.648 bits per heavy atom. The fourth-order valence-corrected chi connectivity index (χ4v) is 15.6. The predicted molar refractivity (Wildman–Crippen MR) is 245 cm³/mol. The van der Waals surface area contributed by atoms with Gasteiger partial charge in [0.1, 0.15) is 79.4 Å². The molecule has 20 heteroatoms. The standard InChI is InChI=1S/C51H82O20/c1-22-24-10-13-50(7)31(9-8-25-26-18-47(3,4)14-16-51(26,46(62)63)17-15-49(25,50)6)48(24,5)12-11-28(22)67-45-41(33(55)27(53)20-64-45)71-44-39(61)40(32(54)23(2)66-44)70-42-37(59)35(57)30(21-65-42)69-43-38(60)36(58)34(56)29(19-52)68-43/h8,22-24,26-45,52-61H,9-21H2,1-7H3,(H,62,63)/t22-,23+,24-,26+,27+,28+,29-,30-,31-,32+,33+,34-,35-,36+,37-,38-,39-,40-,41-,42+,43+,44+,45+,48+,49+,50+,51-/m0/s1. The molecular formula is C51H82O20. The summed E-state index contributed by atoms with van der Waals surface area (Å²) in [5.41, 5.74) is 0.559. The Labute approximate surface area is 415 Å². The first-order valence-electron chi connectivity index (χ1n) is 26.2. The van der Waals surface area contributed by atoms with Gasteiger partial charge in [-0.05, 0) is 116 Å². The molecule has 0 aromatic carbocycles. The molecule has 0 bridgehead atoms. The van der Waals surface area contributed by atoms with E-state index in [2.05, 4.69) is 47.6 Å². The average molecular weight is 1020 g/mol.